The molecule has 2 saturated heterocycles. The molecule has 0 bridgehead atoms. The fourth-order valence-corrected chi connectivity index (χ4v) is 3.83. The maximum atomic E-state index is 12.6. The van der Waals surface area contributed by atoms with Gasteiger partial charge in [-0.05, 0) is 12.0 Å². The van der Waals surface area contributed by atoms with Crippen LogP contribution in [0.25, 0.3) is 0 Å². The summed E-state index contributed by atoms with van der Waals surface area (Å²) in [6.07, 6.45) is 0.916. The molecule has 26 heavy (non-hydrogen) atoms. The van der Waals surface area contributed by atoms with E-state index < -0.39 is 11.3 Å². The van der Waals surface area contributed by atoms with Crippen LogP contribution in [0.5, 0.6) is 0 Å². The van der Waals surface area contributed by atoms with Crippen LogP contribution in [0.4, 0.5) is 0 Å². The van der Waals surface area contributed by atoms with Gasteiger partial charge in [-0.15, -0.1) is 0 Å². The van der Waals surface area contributed by atoms with Crippen molar-refractivity contribution in [3.8, 4) is 0 Å². The average Bonchev–Trinajstić information content (AvgIpc) is 3.18. The van der Waals surface area contributed by atoms with E-state index in [1.807, 2.05) is 18.2 Å². The Morgan fingerprint density at radius 3 is 2.92 bits per heavy atom. The lowest BCUT2D eigenvalue weighted by Gasteiger charge is -2.25. The molecule has 7 nitrogen and oxygen atoms in total. The van der Waals surface area contributed by atoms with Gasteiger partial charge in [-0.2, -0.15) is 0 Å². The minimum Gasteiger partial charge on any atom is -0.380 e. The Morgan fingerprint density at radius 2 is 2.15 bits per heavy atom. The molecular weight excluding hydrogens is 334 g/mol. The Balaban J connectivity index is 1.41. The highest BCUT2D eigenvalue weighted by molar-refractivity contribution is 5.88. The fourth-order valence-electron chi connectivity index (χ4n) is 3.83. The highest BCUT2D eigenvalue weighted by Crippen LogP contribution is 2.41. The number of benzene rings is 1. The number of nitrogens with zero attached hydrogens (tertiary/aromatic N) is 1. The maximum Gasteiger partial charge on any atom is 0.236 e. The molecule has 0 aliphatic carbocycles. The molecule has 0 spiro atoms. The third kappa shape index (κ3) is 4.41. The van der Waals surface area contributed by atoms with Gasteiger partial charge >= 0.3 is 0 Å². The summed E-state index contributed by atoms with van der Waals surface area (Å²) in [4.78, 5) is 25.8. The third-order valence-electron chi connectivity index (χ3n) is 5.19. The van der Waals surface area contributed by atoms with Crippen molar-refractivity contribution in [3.63, 3.8) is 0 Å². The molecule has 3 N–H and O–H groups in total. The van der Waals surface area contributed by atoms with E-state index in [1.54, 1.807) is 0 Å². The Morgan fingerprint density at radius 1 is 1.35 bits per heavy atom. The molecule has 142 valence electrons. The molecule has 3 rings (SSSR count). The quantitative estimate of drug-likeness (QED) is 0.611. The van der Waals surface area contributed by atoms with Crippen LogP contribution in [0.2, 0.25) is 0 Å². The number of hydrogen-bond donors (Lipinski definition) is 2. The summed E-state index contributed by atoms with van der Waals surface area (Å²) in [6, 6.07) is 10.1. The zero-order valence-corrected chi connectivity index (χ0v) is 15.0. The number of rotatable bonds is 9. The molecule has 2 aliphatic rings. The summed E-state index contributed by atoms with van der Waals surface area (Å²) in [5.74, 6) is -0.488. The zero-order valence-electron chi connectivity index (χ0n) is 15.0. The lowest BCUT2D eigenvalue weighted by Crippen LogP contribution is -2.48. The van der Waals surface area contributed by atoms with Crippen molar-refractivity contribution in [1.29, 1.82) is 0 Å². The summed E-state index contributed by atoms with van der Waals surface area (Å²) >= 11 is 0. The topological polar surface area (TPSA) is 93.9 Å². The van der Waals surface area contributed by atoms with Crippen molar-refractivity contribution in [2.75, 3.05) is 46.0 Å². The van der Waals surface area contributed by atoms with E-state index in [1.165, 1.54) is 5.56 Å². The molecule has 1 aromatic carbocycles. The van der Waals surface area contributed by atoms with Crippen LogP contribution in [0.1, 0.15) is 12.0 Å². The summed E-state index contributed by atoms with van der Waals surface area (Å²) in [5.41, 5.74) is 5.75. The number of carbonyl (C=O) groups excluding carboxylic acids is 2. The summed E-state index contributed by atoms with van der Waals surface area (Å²) in [7, 11) is 0. The number of nitrogens with one attached hydrogen (secondary N) is 1. The lowest BCUT2D eigenvalue weighted by atomic mass is 9.80. The van der Waals surface area contributed by atoms with Crippen molar-refractivity contribution in [2.24, 2.45) is 17.1 Å². The standard InChI is InChI=1S/C19H27N3O4/c20-17(23)9-21-18(24)19-13-22(10-16(19)12-26-14-19)7-4-8-25-11-15-5-2-1-3-6-15/h1-3,5-6,16H,4,7-14H2,(H2,20,23)(H,21,24)/t16-,19-/m0/s1. The second kappa shape index (κ2) is 8.62. The van der Waals surface area contributed by atoms with Gasteiger partial charge in [0.15, 0.2) is 0 Å². The number of nitrogens with two attached hydrogens (primary N) is 1. The maximum absolute atomic E-state index is 12.6. The lowest BCUT2D eigenvalue weighted by molar-refractivity contribution is -0.133. The normalized spacial score (nSPS) is 25.2. The van der Waals surface area contributed by atoms with Gasteiger partial charge in [0.25, 0.3) is 0 Å². The number of primary amides is 1. The summed E-state index contributed by atoms with van der Waals surface area (Å²) < 4.78 is 11.3. The van der Waals surface area contributed by atoms with Gasteiger partial charge in [-0.1, -0.05) is 30.3 Å². The number of ether oxygens (including phenoxy) is 2. The van der Waals surface area contributed by atoms with Crippen molar-refractivity contribution in [2.45, 2.75) is 13.0 Å². The van der Waals surface area contributed by atoms with Gasteiger partial charge < -0.3 is 25.4 Å². The molecule has 2 fully saturated rings. The van der Waals surface area contributed by atoms with Crippen LogP contribution in [-0.2, 0) is 25.7 Å². The van der Waals surface area contributed by atoms with Crippen LogP contribution in [0, 0.1) is 11.3 Å². The fraction of sp³-hybridized carbons (Fsp3) is 0.579. The average molecular weight is 361 g/mol. The van der Waals surface area contributed by atoms with Crippen LogP contribution in [0.15, 0.2) is 30.3 Å². The van der Waals surface area contributed by atoms with Gasteiger partial charge in [-0.3, -0.25) is 9.59 Å². The van der Waals surface area contributed by atoms with Gasteiger partial charge in [0.05, 0.1) is 31.8 Å². The van der Waals surface area contributed by atoms with E-state index in [2.05, 4.69) is 22.3 Å². The van der Waals surface area contributed by atoms with E-state index in [9.17, 15) is 9.59 Å². The first-order valence-electron chi connectivity index (χ1n) is 9.08. The van der Waals surface area contributed by atoms with Crippen LogP contribution < -0.4 is 11.1 Å². The zero-order chi connectivity index (χ0) is 18.4. The number of fused-ring (bicyclic) bond motifs is 1. The third-order valence-corrected chi connectivity index (χ3v) is 5.19. The van der Waals surface area contributed by atoms with Gasteiger partial charge in [0.2, 0.25) is 11.8 Å². The first-order valence-corrected chi connectivity index (χ1v) is 9.08. The molecule has 2 heterocycles. The Kier molecular flexibility index (Phi) is 6.24. The van der Waals surface area contributed by atoms with Crippen molar-refractivity contribution in [1.82, 2.24) is 10.2 Å². The van der Waals surface area contributed by atoms with Crippen LogP contribution in [0.3, 0.4) is 0 Å². The van der Waals surface area contributed by atoms with Gasteiger partial charge in [0, 0.05) is 32.2 Å². The highest BCUT2D eigenvalue weighted by atomic mass is 16.5. The summed E-state index contributed by atoms with van der Waals surface area (Å²) in [6.45, 7) is 4.55. The molecule has 0 saturated carbocycles. The van der Waals surface area contributed by atoms with E-state index >= 15 is 0 Å². The number of hydrogen-bond acceptors (Lipinski definition) is 5. The largest absolute Gasteiger partial charge is 0.380 e. The Hall–Kier alpha value is -1.96. The van der Waals surface area contributed by atoms with Crippen molar-refractivity contribution in [3.05, 3.63) is 35.9 Å². The van der Waals surface area contributed by atoms with Gasteiger partial charge in [-0.25, -0.2) is 0 Å². The second-order valence-electron chi connectivity index (χ2n) is 7.14. The molecule has 0 unspecified atom stereocenters. The first-order chi connectivity index (χ1) is 12.6. The molecule has 2 amide bonds. The SMILES string of the molecule is NC(=O)CNC(=O)[C@@]12COC[C@@H]1CN(CCCOCc1ccccc1)C2. The van der Waals surface area contributed by atoms with Crippen molar-refractivity contribution >= 4 is 11.8 Å². The molecular formula is C19H27N3O4. The predicted octanol–water partition coefficient (Wildman–Crippen LogP) is 0.143. The Labute approximate surface area is 153 Å². The van der Waals surface area contributed by atoms with E-state index in [0.29, 0.717) is 33.0 Å². The number of amides is 2. The van der Waals surface area contributed by atoms with E-state index in [0.717, 1.165) is 19.5 Å². The smallest absolute Gasteiger partial charge is 0.236 e. The van der Waals surface area contributed by atoms with Crippen molar-refractivity contribution < 1.29 is 19.1 Å². The summed E-state index contributed by atoms with van der Waals surface area (Å²) in [5, 5.41) is 2.66. The van der Waals surface area contributed by atoms with E-state index in [4.69, 9.17) is 15.2 Å². The number of likely N-dealkylation sites (tertiary alicyclic amines) is 1. The molecule has 0 radical (unpaired) electrons. The van der Waals surface area contributed by atoms with Crippen LogP contribution >= 0.6 is 0 Å². The molecule has 7 heteroatoms. The molecule has 1 aromatic rings. The first kappa shape index (κ1) is 18.8. The second-order valence-corrected chi connectivity index (χ2v) is 7.14. The van der Waals surface area contributed by atoms with Gasteiger partial charge in [0.1, 0.15) is 0 Å². The molecule has 0 aromatic heterocycles. The molecule has 2 atom stereocenters. The minimum atomic E-state index is -0.555. The monoisotopic (exact) mass is 361 g/mol. The Bertz CT molecular complexity index is 624. The predicted molar refractivity (Wildman–Crippen MR) is 96.1 cm³/mol. The van der Waals surface area contributed by atoms with Crippen LogP contribution in [-0.4, -0.2) is 62.7 Å². The van der Waals surface area contributed by atoms with E-state index in [-0.39, 0.29) is 18.4 Å². The minimum absolute atomic E-state index is 0.123. The number of carbonyl (C=O) groups is 2. The molecule has 2 aliphatic heterocycles. The highest BCUT2D eigenvalue weighted by Gasteiger charge is 2.55.